The topological polar surface area (TPSA) is 35.5 Å². The highest BCUT2D eigenvalue weighted by Crippen LogP contribution is 2.36. The van der Waals surface area contributed by atoms with Gasteiger partial charge in [-0.3, -0.25) is 4.90 Å². The van der Waals surface area contributed by atoms with E-state index in [4.69, 9.17) is 0 Å². The summed E-state index contributed by atoms with van der Waals surface area (Å²) in [6.07, 6.45) is 6.18. The summed E-state index contributed by atoms with van der Waals surface area (Å²) in [5, 5.41) is 13.8. The molecule has 0 amide bonds. The molecule has 2 atom stereocenters. The van der Waals surface area contributed by atoms with Gasteiger partial charge in [-0.1, -0.05) is 6.92 Å². The average molecular weight is 240 g/mol. The second-order valence-corrected chi connectivity index (χ2v) is 6.45. The molecule has 0 radical (unpaired) electrons. The van der Waals surface area contributed by atoms with Crippen LogP contribution in [0.15, 0.2) is 0 Å². The van der Waals surface area contributed by atoms with Crippen LogP contribution >= 0.6 is 0 Å². The highest BCUT2D eigenvalue weighted by Gasteiger charge is 2.37. The van der Waals surface area contributed by atoms with Crippen LogP contribution in [-0.4, -0.2) is 48.3 Å². The molecule has 0 aromatic carbocycles. The lowest BCUT2D eigenvalue weighted by molar-refractivity contribution is -0.0176. The van der Waals surface area contributed by atoms with Crippen LogP contribution in [0.5, 0.6) is 0 Å². The molecule has 2 rings (SSSR count). The van der Waals surface area contributed by atoms with E-state index in [2.05, 4.69) is 17.1 Å². The third-order valence-corrected chi connectivity index (χ3v) is 4.63. The Hall–Kier alpha value is -0.120. The molecule has 0 aromatic heterocycles. The number of hydrogen-bond donors (Lipinski definition) is 2. The summed E-state index contributed by atoms with van der Waals surface area (Å²) >= 11 is 0. The minimum Gasteiger partial charge on any atom is -0.389 e. The predicted molar refractivity (Wildman–Crippen MR) is 71.1 cm³/mol. The summed E-state index contributed by atoms with van der Waals surface area (Å²) in [6.45, 7) is 9.58. The van der Waals surface area contributed by atoms with Crippen LogP contribution in [0, 0.1) is 5.41 Å². The van der Waals surface area contributed by atoms with Crippen LogP contribution in [0.25, 0.3) is 0 Å². The summed E-state index contributed by atoms with van der Waals surface area (Å²) in [4.78, 5) is 2.49. The van der Waals surface area contributed by atoms with Gasteiger partial charge in [0.25, 0.3) is 0 Å². The van der Waals surface area contributed by atoms with Gasteiger partial charge >= 0.3 is 0 Å². The van der Waals surface area contributed by atoms with Crippen molar-refractivity contribution in [2.24, 2.45) is 5.41 Å². The molecule has 17 heavy (non-hydrogen) atoms. The Balaban J connectivity index is 1.92. The molecule has 2 unspecified atom stereocenters. The smallest absolute Gasteiger partial charge is 0.0743 e. The standard InChI is InChI=1S/C14H28N2O/c1-3-13(2,17)11-16-9-5-7-14(12-16)6-4-8-15-10-14/h15,17H,3-12H2,1-2H3. The van der Waals surface area contributed by atoms with Crippen molar-refractivity contribution in [3.8, 4) is 0 Å². The van der Waals surface area contributed by atoms with E-state index in [1.165, 1.54) is 45.3 Å². The van der Waals surface area contributed by atoms with Crippen molar-refractivity contribution in [2.45, 2.75) is 51.6 Å². The summed E-state index contributed by atoms with van der Waals surface area (Å²) in [7, 11) is 0. The third-order valence-electron chi connectivity index (χ3n) is 4.63. The van der Waals surface area contributed by atoms with Gasteiger partial charge in [-0.25, -0.2) is 0 Å². The zero-order valence-corrected chi connectivity index (χ0v) is 11.5. The van der Waals surface area contributed by atoms with Crippen LogP contribution in [0.4, 0.5) is 0 Å². The average Bonchev–Trinajstić information content (AvgIpc) is 2.29. The number of hydrogen-bond acceptors (Lipinski definition) is 3. The molecule has 3 nitrogen and oxygen atoms in total. The first kappa shape index (κ1) is 13.3. The molecule has 3 heteroatoms. The van der Waals surface area contributed by atoms with Gasteiger partial charge in [-0.2, -0.15) is 0 Å². The minimum absolute atomic E-state index is 0.500. The third kappa shape index (κ3) is 3.43. The molecule has 2 aliphatic heterocycles. The maximum atomic E-state index is 10.2. The Morgan fingerprint density at radius 3 is 2.76 bits per heavy atom. The first-order valence-corrected chi connectivity index (χ1v) is 7.21. The molecule has 0 aliphatic carbocycles. The van der Waals surface area contributed by atoms with E-state index in [1.807, 2.05) is 6.92 Å². The predicted octanol–water partition coefficient (Wildman–Crippen LogP) is 1.61. The van der Waals surface area contributed by atoms with E-state index >= 15 is 0 Å². The maximum absolute atomic E-state index is 10.2. The highest BCUT2D eigenvalue weighted by atomic mass is 16.3. The van der Waals surface area contributed by atoms with E-state index < -0.39 is 5.60 Å². The van der Waals surface area contributed by atoms with Crippen molar-refractivity contribution in [3.05, 3.63) is 0 Å². The van der Waals surface area contributed by atoms with Crippen LogP contribution < -0.4 is 5.32 Å². The van der Waals surface area contributed by atoms with E-state index in [1.54, 1.807) is 0 Å². The normalized spacial score (nSPS) is 34.8. The van der Waals surface area contributed by atoms with Gasteiger partial charge in [0, 0.05) is 19.6 Å². The van der Waals surface area contributed by atoms with E-state index in [-0.39, 0.29) is 0 Å². The van der Waals surface area contributed by atoms with E-state index in [0.29, 0.717) is 5.41 Å². The molecule has 2 N–H and O–H groups in total. The summed E-state index contributed by atoms with van der Waals surface area (Å²) in [5.41, 5.74) is -0.0129. The van der Waals surface area contributed by atoms with Crippen molar-refractivity contribution in [1.82, 2.24) is 10.2 Å². The van der Waals surface area contributed by atoms with Gasteiger partial charge in [-0.15, -0.1) is 0 Å². The lowest BCUT2D eigenvalue weighted by Crippen LogP contribution is -2.53. The van der Waals surface area contributed by atoms with Crippen molar-refractivity contribution < 1.29 is 5.11 Å². The molecule has 0 aromatic rings. The van der Waals surface area contributed by atoms with Gasteiger partial charge in [0.05, 0.1) is 5.60 Å². The molecule has 2 saturated heterocycles. The van der Waals surface area contributed by atoms with E-state index in [9.17, 15) is 5.11 Å². The molecule has 2 aliphatic rings. The van der Waals surface area contributed by atoms with Crippen LogP contribution in [0.1, 0.15) is 46.0 Å². The van der Waals surface area contributed by atoms with Crippen molar-refractivity contribution in [3.63, 3.8) is 0 Å². The Morgan fingerprint density at radius 2 is 2.12 bits per heavy atom. The second kappa shape index (κ2) is 5.25. The molecular formula is C14H28N2O. The molecular weight excluding hydrogens is 212 g/mol. The second-order valence-electron chi connectivity index (χ2n) is 6.45. The van der Waals surface area contributed by atoms with Crippen LogP contribution in [0.3, 0.4) is 0 Å². The van der Waals surface area contributed by atoms with Gasteiger partial charge in [0.15, 0.2) is 0 Å². The van der Waals surface area contributed by atoms with Gasteiger partial charge in [0.2, 0.25) is 0 Å². The Morgan fingerprint density at radius 1 is 1.35 bits per heavy atom. The van der Waals surface area contributed by atoms with Crippen molar-refractivity contribution in [1.29, 1.82) is 0 Å². The number of likely N-dealkylation sites (tertiary alicyclic amines) is 1. The largest absolute Gasteiger partial charge is 0.389 e. The van der Waals surface area contributed by atoms with Gasteiger partial charge in [0.1, 0.15) is 0 Å². The zero-order valence-electron chi connectivity index (χ0n) is 11.5. The summed E-state index contributed by atoms with van der Waals surface area (Å²) in [6, 6.07) is 0. The number of nitrogens with one attached hydrogen (secondary N) is 1. The summed E-state index contributed by atoms with van der Waals surface area (Å²) < 4.78 is 0. The lowest BCUT2D eigenvalue weighted by atomic mass is 9.74. The number of rotatable bonds is 3. The van der Waals surface area contributed by atoms with Crippen LogP contribution in [-0.2, 0) is 0 Å². The highest BCUT2D eigenvalue weighted by molar-refractivity contribution is 4.92. The minimum atomic E-state index is -0.513. The van der Waals surface area contributed by atoms with Gasteiger partial charge < -0.3 is 10.4 Å². The van der Waals surface area contributed by atoms with Crippen LogP contribution in [0.2, 0.25) is 0 Å². The van der Waals surface area contributed by atoms with E-state index in [0.717, 1.165) is 19.5 Å². The Bertz CT molecular complexity index is 241. The quantitative estimate of drug-likeness (QED) is 0.787. The fraction of sp³-hybridized carbons (Fsp3) is 1.00. The zero-order chi connectivity index (χ0) is 12.4. The molecule has 2 fully saturated rings. The molecule has 0 saturated carbocycles. The van der Waals surface area contributed by atoms with Crippen molar-refractivity contribution in [2.75, 3.05) is 32.7 Å². The number of aliphatic hydroxyl groups is 1. The Kier molecular flexibility index (Phi) is 4.11. The monoisotopic (exact) mass is 240 g/mol. The SMILES string of the molecule is CCC(C)(O)CN1CCCC2(CCCNC2)C1. The number of β-amino-alcohol motifs (C(OH)–C–C–N with tert-alkyl or cyclic N) is 1. The fourth-order valence-electron chi connectivity index (χ4n) is 3.42. The lowest BCUT2D eigenvalue weighted by Gasteiger charge is -2.46. The summed E-state index contributed by atoms with van der Waals surface area (Å²) in [5.74, 6) is 0. The molecule has 100 valence electrons. The number of nitrogens with zero attached hydrogens (tertiary/aromatic N) is 1. The first-order chi connectivity index (χ1) is 8.05. The fourth-order valence-corrected chi connectivity index (χ4v) is 3.42. The first-order valence-electron chi connectivity index (χ1n) is 7.21. The number of piperidine rings is 2. The molecule has 2 heterocycles. The van der Waals surface area contributed by atoms with Crippen molar-refractivity contribution >= 4 is 0 Å². The molecule has 0 bridgehead atoms. The Labute approximate surface area is 106 Å². The van der Waals surface area contributed by atoms with Gasteiger partial charge in [-0.05, 0) is 57.5 Å². The maximum Gasteiger partial charge on any atom is 0.0743 e. The molecule has 1 spiro atoms.